The lowest BCUT2D eigenvalue weighted by molar-refractivity contribution is 0.0954. The van der Waals surface area contributed by atoms with Crippen molar-refractivity contribution in [3.05, 3.63) is 51.6 Å². The highest BCUT2D eigenvalue weighted by Gasteiger charge is 2.23. The third-order valence-electron chi connectivity index (χ3n) is 5.08. The quantitative estimate of drug-likeness (QED) is 0.708. The van der Waals surface area contributed by atoms with Gasteiger partial charge in [-0.05, 0) is 37.2 Å². The number of nitrogens with zero attached hydrogens (tertiary/aromatic N) is 4. The van der Waals surface area contributed by atoms with Crippen molar-refractivity contribution in [1.82, 2.24) is 20.2 Å². The number of halogens is 1. The topological polar surface area (TPSA) is 61.4 Å². The zero-order chi connectivity index (χ0) is 19.7. The van der Waals surface area contributed by atoms with Gasteiger partial charge in [0.25, 0.3) is 5.91 Å². The van der Waals surface area contributed by atoms with Crippen LogP contribution in [0.4, 0.5) is 5.82 Å². The Hall–Kier alpha value is -2.22. The first-order valence-electron chi connectivity index (χ1n) is 9.23. The maximum atomic E-state index is 12.8. The smallest absolute Gasteiger partial charge is 0.261 e. The predicted molar refractivity (Wildman–Crippen MR) is 114 cm³/mol. The maximum absolute atomic E-state index is 12.8. The van der Waals surface area contributed by atoms with E-state index in [9.17, 15) is 4.79 Å². The zero-order valence-electron chi connectivity index (χ0n) is 15.9. The molecule has 0 atom stereocenters. The average Bonchev–Trinajstić information content (AvgIpc) is 3.05. The van der Waals surface area contributed by atoms with Crippen molar-refractivity contribution >= 4 is 44.9 Å². The number of aryl methyl sites for hydroxylation is 1. The van der Waals surface area contributed by atoms with E-state index in [0.717, 1.165) is 53.3 Å². The third kappa shape index (κ3) is 3.83. The van der Waals surface area contributed by atoms with Gasteiger partial charge >= 0.3 is 0 Å². The van der Waals surface area contributed by atoms with Gasteiger partial charge in [0.2, 0.25) is 0 Å². The standard InChI is InChI=1S/C20H22ClN5OS/c1-13-16-18(26-9-7-25(2)8-10-26)23-12-24-20(16)28-17(13)19(27)22-11-14-3-5-15(21)6-4-14/h3-6,12H,7-11H2,1-2H3,(H,22,27). The summed E-state index contributed by atoms with van der Waals surface area (Å²) in [5.74, 6) is 0.850. The summed E-state index contributed by atoms with van der Waals surface area (Å²) in [4.78, 5) is 27.9. The summed E-state index contributed by atoms with van der Waals surface area (Å²) < 4.78 is 0. The first-order chi connectivity index (χ1) is 13.5. The molecule has 1 saturated heterocycles. The van der Waals surface area contributed by atoms with Crippen LogP contribution in [0.2, 0.25) is 5.02 Å². The van der Waals surface area contributed by atoms with E-state index in [2.05, 4.69) is 32.1 Å². The minimum absolute atomic E-state index is 0.0835. The van der Waals surface area contributed by atoms with Crippen molar-refractivity contribution in [1.29, 1.82) is 0 Å². The van der Waals surface area contributed by atoms with Gasteiger partial charge in [-0.3, -0.25) is 4.79 Å². The van der Waals surface area contributed by atoms with Crippen LogP contribution in [-0.2, 0) is 6.54 Å². The summed E-state index contributed by atoms with van der Waals surface area (Å²) in [5.41, 5.74) is 1.96. The minimum atomic E-state index is -0.0835. The van der Waals surface area contributed by atoms with Crippen LogP contribution in [0.5, 0.6) is 0 Å². The molecule has 6 nitrogen and oxygen atoms in total. The van der Waals surface area contributed by atoms with Gasteiger partial charge in [0, 0.05) is 37.7 Å². The van der Waals surface area contributed by atoms with Crippen molar-refractivity contribution in [2.45, 2.75) is 13.5 Å². The summed E-state index contributed by atoms with van der Waals surface area (Å²) >= 11 is 7.34. The van der Waals surface area contributed by atoms with E-state index >= 15 is 0 Å². The van der Waals surface area contributed by atoms with Gasteiger partial charge in [0.1, 0.15) is 17.0 Å². The van der Waals surface area contributed by atoms with Crippen molar-refractivity contribution < 1.29 is 4.79 Å². The molecule has 1 aliphatic rings. The van der Waals surface area contributed by atoms with Crippen molar-refractivity contribution in [2.24, 2.45) is 0 Å². The molecule has 0 spiro atoms. The van der Waals surface area contributed by atoms with Gasteiger partial charge in [0.05, 0.1) is 10.3 Å². The Kier molecular flexibility index (Phi) is 5.48. The van der Waals surface area contributed by atoms with Crippen molar-refractivity contribution in [3.8, 4) is 0 Å². The van der Waals surface area contributed by atoms with E-state index in [0.29, 0.717) is 16.4 Å². The second kappa shape index (κ2) is 8.03. The maximum Gasteiger partial charge on any atom is 0.261 e. The highest BCUT2D eigenvalue weighted by atomic mass is 35.5. The second-order valence-corrected chi connectivity index (χ2v) is 8.47. The number of anilines is 1. The lowest BCUT2D eigenvalue weighted by Crippen LogP contribution is -2.44. The van der Waals surface area contributed by atoms with E-state index in [1.807, 2.05) is 31.2 Å². The largest absolute Gasteiger partial charge is 0.353 e. The first kappa shape index (κ1) is 19.1. The fourth-order valence-electron chi connectivity index (χ4n) is 3.39. The second-order valence-electron chi connectivity index (χ2n) is 7.03. The number of rotatable bonds is 4. The summed E-state index contributed by atoms with van der Waals surface area (Å²) in [6.45, 7) is 6.30. The highest BCUT2D eigenvalue weighted by molar-refractivity contribution is 7.20. The Morgan fingerprint density at radius 2 is 1.89 bits per heavy atom. The molecule has 2 aromatic heterocycles. The molecule has 1 aliphatic heterocycles. The van der Waals surface area contributed by atoms with Gasteiger partial charge < -0.3 is 15.1 Å². The lowest BCUT2D eigenvalue weighted by Gasteiger charge is -2.33. The van der Waals surface area contributed by atoms with Crippen molar-refractivity contribution in [2.75, 3.05) is 38.1 Å². The Morgan fingerprint density at radius 3 is 2.61 bits per heavy atom. The fourth-order valence-corrected chi connectivity index (χ4v) is 4.58. The van der Waals surface area contributed by atoms with Crippen molar-refractivity contribution in [3.63, 3.8) is 0 Å². The number of thiophene rings is 1. The summed E-state index contributed by atoms with van der Waals surface area (Å²) in [6.07, 6.45) is 1.60. The zero-order valence-corrected chi connectivity index (χ0v) is 17.5. The molecule has 4 rings (SSSR count). The molecule has 3 heterocycles. The van der Waals surface area contributed by atoms with E-state index in [1.54, 1.807) is 6.33 Å². The molecule has 0 radical (unpaired) electrons. The van der Waals surface area contributed by atoms with Crippen LogP contribution < -0.4 is 10.2 Å². The van der Waals surface area contributed by atoms with E-state index in [-0.39, 0.29) is 5.91 Å². The van der Waals surface area contributed by atoms with Gasteiger partial charge in [0.15, 0.2) is 0 Å². The number of benzene rings is 1. The number of piperazine rings is 1. The molecule has 1 aromatic carbocycles. The first-order valence-corrected chi connectivity index (χ1v) is 10.4. The van der Waals surface area contributed by atoms with Crippen LogP contribution >= 0.6 is 22.9 Å². The monoisotopic (exact) mass is 415 g/mol. The number of amides is 1. The van der Waals surface area contributed by atoms with Crippen LogP contribution in [0.1, 0.15) is 20.8 Å². The third-order valence-corrected chi connectivity index (χ3v) is 6.53. The van der Waals surface area contributed by atoms with E-state index in [1.165, 1.54) is 11.3 Å². The Balaban J connectivity index is 1.58. The summed E-state index contributed by atoms with van der Waals surface area (Å²) in [6, 6.07) is 7.48. The molecule has 1 fully saturated rings. The number of fused-ring (bicyclic) bond motifs is 1. The molecule has 28 heavy (non-hydrogen) atoms. The molecule has 0 unspecified atom stereocenters. The summed E-state index contributed by atoms with van der Waals surface area (Å²) in [7, 11) is 2.13. The molecule has 146 valence electrons. The Bertz CT molecular complexity index is 996. The molecule has 0 aliphatic carbocycles. The van der Waals surface area contributed by atoms with Crippen LogP contribution in [0.25, 0.3) is 10.2 Å². The molecule has 0 bridgehead atoms. The molecule has 1 N–H and O–H groups in total. The molecule has 3 aromatic rings. The van der Waals surface area contributed by atoms with Crippen LogP contribution in [0.3, 0.4) is 0 Å². The molecular weight excluding hydrogens is 394 g/mol. The van der Waals surface area contributed by atoms with Crippen LogP contribution in [0, 0.1) is 6.92 Å². The van der Waals surface area contributed by atoms with Crippen LogP contribution in [0.15, 0.2) is 30.6 Å². The Labute approximate surface area is 173 Å². The number of hydrogen-bond acceptors (Lipinski definition) is 6. The Morgan fingerprint density at radius 1 is 1.18 bits per heavy atom. The number of carbonyl (C=O) groups excluding carboxylic acids is 1. The number of aromatic nitrogens is 2. The van der Waals surface area contributed by atoms with E-state index < -0.39 is 0 Å². The average molecular weight is 416 g/mol. The predicted octanol–water partition coefficient (Wildman–Crippen LogP) is 3.33. The normalized spacial score (nSPS) is 15.2. The van der Waals surface area contributed by atoms with Gasteiger partial charge in [-0.15, -0.1) is 11.3 Å². The number of hydrogen-bond donors (Lipinski definition) is 1. The molecule has 0 saturated carbocycles. The number of likely N-dealkylation sites (N-methyl/N-ethyl adjacent to an activating group) is 1. The SMILES string of the molecule is Cc1c(C(=O)NCc2ccc(Cl)cc2)sc2ncnc(N3CCN(C)CC3)c12. The fraction of sp³-hybridized carbons (Fsp3) is 0.350. The number of carbonyl (C=O) groups is 1. The van der Waals surface area contributed by atoms with E-state index in [4.69, 9.17) is 11.6 Å². The van der Waals surface area contributed by atoms with Gasteiger partial charge in [-0.2, -0.15) is 0 Å². The highest BCUT2D eigenvalue weighted by Crippen LogP contribution is 2.35. The molecular formula is C20H22ClN5OS. The molecule has 8 heteroatoms. The van der Waals surface area contributed by atoms with Crippen LogP contribution in [-0.4, -0.2) is 54.0 Å². The summed E-state index contributed by atoms with van der Waals surface area (Å²) in [5, 5.41) is 4.68. The minimum Gasteiger partial charge on any atom is -0.353 e. The molecule has 1 amide bonds. The van der Waals surface area contributed by atoms with Gasteiger partial charge in [-0.1, -0.05) is 23.7 Å². The number of nitrogens with one attached hydrogen (secondary N) is 1. The lowest BCUT2D eigenvalue weighted by atomic mass is 10.1. The van der Waals surface area contributed by atoms with Gasteiger partial charge in [-0.25, -0.2) is 9.97 Å².